The first-order valence-electron chi connectivity index (χ1n) is 7.74. The van der Waals surface area contributed by atoms with Gasteiger partial charge in [0.15, 0.2) is 5.82 Å². The molecule has 1 N–H and O–H groups in total. The maximum Gasteiger partial charge on any atom is 0.233 e. The van der Waals surface area contributed by atoms with Crippen LogP contribution in [0.5, 0.6) is 0 Å². The number of thioether (sulfide) groups is 1. The average molecular weight is 296 g/mol. The van der Waals surface area contributed by atoms with E-state index < -0.39 is 0 Å². The average Bonchev–Trinajstić information content (AvgIpc) is 3.07. The van der Waals surface area contributed by atoms with Crippen LogP contribution in [0, 0.1) is 11.8 Å². The predicted molar refractivity (Wildman–Crippen MR) is 79.9 cm³/mol. The molecule has 3 rings (SSSR count). The molecule has 2 heterocycles. The van der Waals surface area contributed by atoms with Gasteiger partial charge in [-0.3, -0.25) is 0 Å². The monoisotopic (exact) mass is 296 g/mol. The summed E-state index contributed by atoms with van der Waals surface area (Å²) in [6.07, 6.45) is 4.56. The van der Waals surface area contributed by atoms with Gasteiger partial charge in [0.25, 0.3) is 0 Å². The Morgan fingerprint density at radius 3 is 2.55 bits per heavy atom. The molecule has 2 fully saturated rings. The Labute approximate surface area is 124 Å². The van der Waals surface area contributed by atoms with Gasteiger partial charge in [-0.15, -0.1) is 0 Å². The summed E-state index contributed by atoms with van der Waals surface area (Å²) in [5, 5.41) is 14.1. The predicted octanol–water partition coefficient (Wildman–Crippen LogP) is 3.19. The van der Waals surface area contributed by atoms with E-state index in [-0.39, 0.29) is 12.0 Å². The third-order valence-corrected chi connectivity index (χ3v) is 6.08. The van der Waals surface area contributed by atoms with Gasteiger partial charge in [0.1, 0.15) is 0 Å². The van der Waals surface area contributed by atoms with Gasteiger partial charge >= 0.3 is 0 Å². The highest BCUT2D eigenvalue weighted by Gasteiger charge is 2.33. The minimum atomic E-state index is -0.329. The van der Waals surface area contributed by atoms with Crippen molar-refractivity contribution in [1.29, 1.82) is 0 Å². The standard InChI is InChI=1S/C15H24N2O2S/c1-9(2)10-3-5-11(6-4-10)14-16-15(19-17-14)12-7-20-8-13(12)18/h9-13,18H,3-8H2,1-2H3. The van der Waals surface area contributed by atoms with Gasteiger partial charge in [-0.05, 0) is 37.5 Å². The molecule has 5 heteroatoms. The molecular weight excluding hydrogens is 272 g/mol. The highest BCUT2D eigenvalue weighted by molar-refractivity contribution is 7.99. The molecule has 0 aromatic carbocycles. The molecule has 0 amide bonds. The number of aromatic nitrogens is 2. The second kappa shape index (κ2) is 6.06. The van der Waals surface area contributed by atoms with Crippen molar-refractivity contribution < 1.29 is 9.63 Å². The summed E-state index contributed by atoms with van der Waals surface area (Å²) in [4.78, 5) is 4.59. The number of hydrogen-bond acceptors (Lipinski definition) is 5. The van der Waals surface area contributed by atoms with Crippen molar-refractivity contribution >= 4 is 11.8 Å². The van der Waals surface area contributed by atoms with Gasteiger partial charge in [-0.25, -0.2) is 0 Å². The SMILES string of the molecule is CC(C)C1CCC(c2noc(C3CSCC3O)n2)CC1. The molecule has 0 spiro atoms. The Kier molecular flexibility index (Phi) is 4.36. The van der Waals surface area contributed by atoms with E-state index in [1.807, 2.05) is 0 Å². The van der Waals surface area contributed by atoms with E-state index in [9.17, 15) is 5.11 Å². The minimum Gasteiger partial charge on any atom is -0.391 e. The summed E-state index contributed by atoms with van der Waals surface area (Å²) in [6.45, 7) is 4.63. The highest BCUT2D eigenvalue weighted by Crippen LogP contribution is 2.38. The number of aliphatic hydroxyl groups is 1. The molecule has 20 heavy (non-hydrogen) atoms. The molecule has 1 saturated carbocycles. The summed E-state index contributed by atoms with van der Waals surface area (Å²) in [5.41, 5.74) is 0. The molecule has 1 aromatic rings. The third kappa shape index (κ3) is 2.89. The Morgan fingerprint density at radius 2 is 1.95 bits per heavy atom. The first-order chi connectivity index (χ1) is 9.65. The molecule has 1 saturated heterocycles. The van der Waals surface area contributed by atoms with Crippen molar-refractivity contribution in [2.24, 2.45) is 11.8 Å². The topological polar surface area (TPSA) is 59.2 Å². The van der Waals surface area contributed by atoms with Crippen LogP contribution in [-0.2, 0) is 0 Å². The van der Waals surface area contributed by atoms with Gasteiger partial charge in [-0.2, -0.15) is 16.7 Å². The summed E-state index contributed by atoms with van der Waals surface area (Å²) in [6, 6.07) is 0. The van der Waals surface area contributed by atoms with E-state index in [0.717, 1.165) is 29.2 Å². The fraction of sp³-hybridized carbons (Fsp3) is 0.867. The van der Waals surface area contributed by atoms with Crippen LogP contribution in [0.3, 0.4) is 0 Å². The lowest BCUT2D eigenvalue weighted by molar-refractivity contribution is 0.164. The maximum atomic E-state index is 9.91. The lowest BCUT2D eigenvalue weighted by Gasteiger charge is -2.29. The Morgan fingerprint density at radius 1 is 1.20 bits per heavy atom. The fourth-order valence-corrected chi connectivity index (χ4v) is 4.62. The maximum absolute atomic E-state index is 9.91. The van der Waals surface area contributed by atoms with E-state index in [1.54, 1.807) is 11.8 Å². The Balaban J connectivity index is 1.63. The van der Waals surface area contributed by atoms with Crippen LogP contribution in [0.25, 0.3) is 0 Å². The zero-order chi connectivity index (χ0) is 14.1. The lowest BCUT2D eigenvalue weighted by Crippen LogP contribution is -2.19. The van der Waals surface area contributed by atoms with Gasteiger partial charge in [0.2, 0.25) is 5.89 Å². The van der Waals surface area contributed by atoms with E-state index in [4.69, 9.17) is 4.52 Å². The van der Waals surface area contributed by atoms with E-state index in [2.05, 4.69) is 24.0 Å². The second-order valence-corrected chi connectivity index (χ2v) is 7.63. The molecule has 1 aromatic heterocycles. The van der Waals surface area contributed by atoms with E-state index >= 15 is 0 Å². The minimum absolute atomic E-state index is 0.0354. The molecule has 2 unspecified atom stereocenters. The molecule has 112 valence electrons. The first-order valence-corrected chi connectivity index (χ1v) is 8.90. The van der Waals surface area contributed by atoms with Crippen LogP contribution in [-0.4, -0.2) is 32.9 Å². The van der Waals surface area contributed by atoms with Crippen molar-refractivity contribution in [2.75, 3.05) is 11.5 Å². The largest absolute Gasteiger partial charge is 0.391 e. The summed E-state index contributed by atoms with van der Waals surface area (Å²) >= 11 is 1.76. The number of nitrogens with zero attached hydrogens (tertiary/aromatic N) is 2. The van der Waals surface area contributed by atoms with Crippen molar-refractivity contribution in [3.63, 3.8) is 0 Å². The second-order valence-electron chi connectivity index (χ2n) is 6.56. The smallest absolute Gasteiger partial charge is 0.233 e. The number of aliphatic hydroxyl groups excluding tert-OH is 1. The lowest BCUT2D eigenvalue weighted by atomic mass is 9.77. The van der Waals surface area contributed by atoms with Gasteiger partial charge in [0.05, 0.1) is 12.0 Å². The van der Waals surface area contributed by atoms with Crippen molar-refractivity contribution in [2.45, 2.75) is 57.5 Å². The number of rotatable bonds is 3. The summed E-state index contributed by atoms with van der Waals surface area (Å²) in [7, 11) is 0. The quantitative estimate of drug-likeness (QED) is 0.928. The highest BCUT2D eigenvalue weighted by atomic mass is 32.2. The Bertz CT molecular complexity index is 441. The van der Waals surface area contributed by atoms with Crippen LogP contribution in [0.1, 0.15) is 63.1 Å². The molecule has 0 radical (unpaired) electrons. The van der Waals surface area contributed by atoms with E-state index in [0.29, 0.717) is 11.8 Å². The van der Waals surface area contributed by atoms with Crippen LogP contribution >= 0.6 is 11.8 Å². The van der Waals surface area contributed by atoms with E-state index in [1.165, 1.54) is 25.7 Å². The third-order valence-electron chi connectivity index (χ3n) is 4.90. The van der Waals surface area contributed by atoms with Crippen molar-refractivity contribution in [3.05, 3.63) is 11.7 Å². The zero-order valence-electron chi connectivity index (χ0n) is 12.3. The van der Waals surface area contributed by atoms with Crippen molar-refractivity contribution in [1.82, 2.24) is 10.1 Å². The first kappa shape index (κ1) is 14.4. The fourth-order valence-electron chi connectivity index (χ4n) is 3.39. The molecule has 2 aliphatic rings. The van der Waals surface area contributed by atoms with Crippen molar-refractivity contribution in [3.8, 4) is 0 Å². The number of hydrogen-bond donors (Lipinski definition) is 1. The normalized spacial score (nSPS) is 34.8. The molecule has 2 atom stereocenters. The summed E-state index contributed by atoms with van der Waals surface area (Å²) < 4.78 is 5.41. The van der Waals surface area contributed by atoms with Gasteiger partial charge in [0, 0.05) is 17.4 Å². The van der Waals surface area contributed by atoms with Gasteiger partial charge in [-0.1, -0.05) is 19.0 Å². The van der Waals surface area contributed by atoms with Crippen LogP contribution < -0.4 is 0 Å². The molecule has 0 bridgehead atoms. The molecule has 1 aliphatic heterocycles. The van der Waals surface area contributed by atoms with Crippen LogP contribution in [0.15, 0.2) is 4.52 Å². The Hall–Kier alpha value is -0.550. The molecule has 4 nitrogen and oxygen atoms in total. The van der Waals surface area contributed by atoms with Crippen LogP contribution in [0.2, 0.25) is 0 Å². The van der Waals surface area contributed by atoms with Gasteiger partial charge < -0.3 is 9.63 Å². The molecule has 1 aliphatic carbocycles. The zero-order valence-corrected chi connectivity index (χ0v) is 13.1. The van der Waals surface area contributed by atoms with Crippen LogP contribution in [0.4, 0.5) is 0 Å². The summed E-state index contributed by atoms with van der Waals surface area (Å²) in [5.74, 6) is 5.30. The molecular formula is C15H24N2O2S.